The van der Waals surface area contributed by atoms with Crippen molar-refractivity contribution >= 4 is 34.8 Å². The molecule has 6 nitrogen and oxygen atoms in total. The van der Waals surface area contributed by atoms with Crippen LogP contribution < -0.4 is 4.74 Å². The molecule has 0 aliphatic carbocycles. The highest BCUT2D eigenvalue weighted by atomic mass is 35.5. The molecular formula is C22H27ClN2O4S. The molecule has 0 radical (unpaired) electrons. The monoisotopic (exact) mass is 450 g/mol. The van der Waals surface area contributed by atoms with E-state index in [9.17, 15) is 9.59 Å². The number of nitrogens with zero attached hydrogens (tertiary/aromatic N) is 2. The molecule has 0 saturated carbocycles. The summed E-state index contributed by atoms with van der Waals surface area (Å²) in [5.41, 5.74) is 1.12. The van der Waals surface area contributed by atoms with E-state index in [1.165, 1.54) is 4.88 Å². The Balaban J connectivity index is 1.74. The van der Waals surface area contributed by atoms with Crippen LogP contribution in [0.1, 0.15) is 29.8 Å². The minimum Gasteiger partial charge on any atom is -0.491 e. The molecule has 0 bridgehead atoms. The Labute approximate surface area is 186 Å². The molecule has 2 amide bonds. The summed E-state index contributed by atoms with van der Waals surface area (Å²) in [6.07, 6.45) is 1.17. The largest absolute Gasteiger partial charge is 0.491 e. The number of methoxy groups -OCH3 is 1. The quantitative estimate of drug-likeness (QED) is 0.583. The van der Waals surface area contributed by atoms with Crippen molar-refractivity contribution in [2.45, 2.75) is 25.8 Å². The first-order valence-electron chi connectivity index (χ1n) is 10.0. The maximum absolute atomic E-state index is 13.2. The van der Waals surface area contributed by atoms with Gasteiger partial charge in [-0.25, -0.2) is 0 Å². The molecule has 1 aliphatic heterocycles. The molecule has 0 fully saturated rings. The van der Waals surface area contributed by atoms with Crippen LogP contribution in [0.15, 0.2) is 35.7 Å². The van der Waals surface area contributed by atoms with Crippen molar-refractivity contribution in [2.24, 2.45) is 0 Å². The van der Waals surface area contributed by atoms with E-state index in [1.807, 2.05) is 17.0 Å². The fourth-order valence-corrected chi connectivity index (χ4v) is 4.61. The molecule has 1 aromatic carbocycles. The van der Waals surface area contributed by atoms with Gasteiger partial charge in [-0.05, 0) is 47.7 Å². The molecule has 3 rings (SSSR count). The lowest BCUT2D eigenvalue weighted by atomic mass is 10.0. The number of hydrogen-bond acceptors (Lipinski definition) is 5. The maximum Gasteiger partial charge on any atom is 0.242 e. The minimum absolute atomic E-state index is 0.0486. The number of halogens is 1. The van der Waals surface area contributed by atoms with Crippen LogP contribution in [0.4, 0.5) is 0 Å². The number of amides is 2. The van der Waals surface area contributed by atoms with E-state index in [4.69, 9.17) is 21.1 Å². The number of benzene rings is 1. The SMILES string of the molecule is CCC(=O)N(CCOC)CC(=O)N1CCc2sccc2[C@@H]1COc1ccc(Cl)cc1. The Morgan fingerprint density at radius 2 is 2.03 bits per heavy atom. The van der Waals surface area contributed by atoms with E-state index in [0.29, 0.717) is 43.5 Å². The van der Waals surface area contributed by atoms with Crippen molar-refractivity contribution in [3.8, 4) is 5.75 Å². The molecule has 1 aliphatic rings. The highest BCUT2D eigenvalue weighted by Gasteiger charge is 2.33. The second kappa shape index (κ2) is 10.8. The first-order chi connectivity index (χ1) is 14.5. The summed E-state index contributed by atoms with van der Waals surface area (Å²) >= 11 is 7.66. The number of fused-ring (bicyclic) bond motifs is 1. The summed E-state index contributed by atoms with van der Waals surface area (Å²) in [6, 6.07) is 9.07. The van der Waals surface area contributed by atoms with Crippen LogP contribution in [0.25, 0.3) is 0 Å². The van der Waals surface area contributed by atoms with Gasteiger partial charge in [0.05, 0.1) is 19.2 Å². The van der Waals surface area contributed by atoms with Gasteiger partial charge in [0.15, 0.2) is 0 Å². The van der Waals surface area contributed by atoms with E-state index in [1.54, 1.807) is 42.4 Å². The topological polar surface area (TPSA) is 59.1 Å². The molecule has 8 heteroatoms. The average molecular weight is 451 g/mol. The Morgan fingerprint density at radius 3 is 2.73 bits per heavy atom. The fraction of sp³-hybridized carbons (Fsp3) is 0.455. The summed E-state index contributed by atoms with van der Waals surface area (Å²) in [7, 11) is 1.59. The van der Waals surface area contributed by atoms with Crippen molar-refractivity contribution in [1.29, 1.82) is 0 Å². The summed E-state index contributed by atoms with van der Waals surface area (Å²) < 4.78 is 11.1. The van der Waals surface area contributed by atoms with Gasteiger partial charge < -0.3 is 19.3 Å². The van der Waals surface area contributed by atoms with Crippen LogP contribution in [0.3, 0.4) is 0 Å². The first-order valence-corrected chi connectivity index (χ1v) is 11.3. The van der Waals surface area contributed by atoms with E-state index in [-0.39, 0.29) is 24.4 Å². The third-order valence-electron chi connectivity index (χ3n) is 5.18. The van der Waals surface area contributed by atoms with Crippen molar-refractivity contribution in [3.05, 3.63) is 51.2 Å². The van der Waals surface area contributed by atoms with Gasteiger partial charge in [-0.15, -0.1) is 11.3 Å². The van der Waals surface area contributed by atoms with Crippen molar-refractivity contribution in [2.75, 3.05) is 40.0 Å². The van der Waals surface area contributed by atoms with Gasteiger partial charge in [-0.2, -0.15) is 0 Å². The molecule has 162 valence electrons. The molecule has 1 aromatic heterocycles. The molecule has 0 unspecified atom stereocenters. The third kappa shape index (κ3) is 5.53. The first kappa shape index (κ1) is 22.6. The van der Waals surface area contributed by atoms with Crippen LogP contribution in [-0.4, -0.2) is 61.6 Å². The van der Waals surface area contributed by atoms with Gasteiger partial charge in [-0.3, -0.25) is 9.59 Å². The third-order valence-corrected chi connectivity index (χ3v) is 6.43. The standard InChI is InChI=1S/C22H27ClN2O4S/c1-3-21(26)24(11-12-28-2)14-22(27)25-10-8-20-18(9-13-30-20)19(25)15-29-17-6-4-16(23)5-7-17/h4-7,9,13,19H,3,8,10-12,14-15H2,1-2H3/t19-/m0/s1. The van der Waals surface area contributed by atoms with Gasteiger partial charge in [0.25, 0.3) is 0 Å². The van der Waals surface area contributed by atoms with E-state index in [2.05, 4.69) is 11.4 Å². The molecule has 1 atom stereocenters. The molecule has 0 spiro atoms. The maximum atomic E-state index is 13.2. The Morgan fingerprint density at radius 1 is 1.27 bits per heavy atom. The van der Waals surface area contributed by atoms with Crippen LogP contribution in [-0.2, 0) is 20.7 Å². The number of carbonyl (C=O) groups is 2. The van der Waals surface area contributed by atoms with Gasteiger partial charge >= 0.3 is 0 Å². The summed E-state index contributed by atoms with van der Waals surface area (Å²) in [5.74, 6) is 0.578. The fourth-order valence-electron chi connectivity index (χ4n) is 3.55. The number of hydrogen-bond donors (Lipinski definition) is 0. The number of carbonyl (C=O) groups excluding carboxylic acids is 2. The van der Waals surface area contributed by atoms with Crippen LogP contribution in [0.5, 0.6) is 5.75 Å². The van der Waals surface area contributed by atoms with Gasteiger partial charge in [0.1, 0.15) is 12.4 Å². The molecular weight excluding hydrogens is 424 g/mol. The van der Waals surface area contributed by atoms with Crippen molar-refractivity contribution in [1.82, 2.24) is 9.80 Å². The van der Waals surface area contributed by atoms with Crippen LogP contribution in [0.2, 0.25) is 5.02 Å². The van der Waals surface area contributed by atoms with Crippen LogP contribution in [0, 0.1) is 0 Å². The van der Waals surface area contributed by atoms with Crippen molar-refractivity contribution in [3.63, 3.8) is 0 Å². The van der Waals surface area contributed by atoms with Gasteiger partial charge in [0.2, 0.25) is 11.8 Å². The zero-order valence-electron chi connectivity index (χ0n) is 17.3. The second-order valence-electron chi connectivity index (χ2n) is 7.08. The minimum atomic E-state index is -0.191. The van der Waals surface area contributed by atoms with E-state index < -0.39 is 0 Å². The van der Waals surface area contributed by atoms with Gasteiger partial charge in [0, 0.05) is 36.5 Å². The Bertz CT molecular complexity index is 855. The average Bonchev–Trinajstić information content (AvgIpc) is 3.24. The molecule has 2 heterocycles. The van der Waals surface area contributed by atoms with Gasteiger partial charge in [-0.1, -0.05) is 18.5 Å². The van der Waals surface area contributed by atoms with Crippen LogP contribution >= 0.6 is 22.9 Å². The normalized spacial score (nSPS) is 15.6. The lowest BCUT2D eigenvalue weighted by Crippen LogP contribution is -2.48. The van der Waals surface area contributed by atoms with E-state index >= 15 is 0 Å². The predicted octanol–water partition coefficient (Wildman–Crippen LogP) is 3.79. The molecule has 0 N–H and O–H groups in total. The van der Waals surface area contributed by atoms with E-state index in [0.717, 1.165) is 12.0 Å². The zero-order chi connectivity index (χ0) is 21.5. The Kier molecular flexibility index (Phi) is 8.13. The summed E-state index contributed by atoms with van der Waals surface area (Å²) in [5, 5.41) is 2.70. The highest BCUT2D eigenvalue weighted by molar-refractivity contribution is 7.10. The summed E-state index contributed by atoms with van der Waals surface area (Å²) in [6.45, 7) is 3.60. The highest BCUT2D eigenvalue weighted by Crippen LogP contribution is 2.34. The number of rotatable bonds is 9. The van der Waals surface area contributed by atoms with Crippen molar-refractivity contribution < 1.29 is 19.1 Å². The molecule has 0 saturated heterocycles. The zero-order valence-corrected chi connectivity index (χ0v) is 18.9. The molecule has 30 heavy (non-hydrogen) atoms. The molecule has 2 aromatic rings. The lowest BCUT2D eigenvalue weighted by molar-refractivity contribution is -0.143. The number of ether oxygens (including phenoxy) is 2. The smallest absolute Gasteiger partial charge is 0.242 e. The number of thiophene rings is 1. The Hall–Kier alpha value is -2.09. The lowest BCUT2D eigenvalue weighted by Gasteiger charge is -2.37. The summed E-state index contributed by atoms with van der Waals surface area (Å²) in [4.78, 5) is 30.2. The second-order valence-corrected chi connectivity index (χ2v) is 8.52. The predicted molar refractivity (Wildman–Crippen MR) is 118 cm³/mol.